The summed E-state index contributed by atoms with van der Waals surface area (Å²) in [6.07, 6.45) is -3.52. The minimum absolute atomic E-state index is 0.0605. The Kier molecular flexibility index (Phi) is 5.80. The molecule has 0 unspecified atom stereocenters. The lowest BCUT2D eigenvalue weighted by Gasteiger charge is -2.11. The number of alkyl halides is 3. The van der Waals surface area contributed by atoms with E-state index in [0.717, 1.165) is 12.1 Å². The summed E-state index contributed by atoms with van der Waals surface area (Å²) in [4.78, 5) is 20.4. The number of nitrogens with one attached hydrogen (secondary N) is 1. The van der Waals surface area contributed by atoms with Crippen LogP contribution in [0.3, 0.4) is 0 Å². The van der Waals surface area contributed by atoms with Crippen LogP contribution in [-0.4, -0.2) is 32.0 Å². The SMILES string of the molecule is Nc1nc(CNC(=O)c2cc(Cl)cc(OC(F)(F)F)c2)n(-c2ccc(Cl)cn2)n1. The van der Waals surface area contributed by atoms with Gasteiger partial charge in [0.15, 0.2) is 11.6 Å². The number of carbonyl (C=O) groups is 1. The molecule has 8 nitrogen and oxygen atoms in total. The quantitative estimate of drug-likeness (QED) is 0.621. The van der Waals surface area contributed by atoms with Crippen molar-refractivity contribution in [2.75, 3.05) is 5.73 Å². The number of halogens is 5. The first kappa shape index (κ1) is 20.7. The number of benzene rings is 1. The molecule has 13 heteroatoms. The van der Waals surface area contributed by atoms with Crippen molar-refractivity contribution in [2.24, 2.45) is 0 Å². The summed E-state index contributed by atoms with van der Waals surface area (Å²) >= 11 is 11.6. The van der Waals surface area contributed by atoms with Crippen LogP contribution in [0.4, 0.5) is 19.1 Å². The minimum atomic E-state index is -4.92. The standard InChI is InChI=1S/C16H11Cl2F3N6O2/c17-9-1-2-12(23-6-9)27-13(25-15(22)26-27)7-24-14(28)8-3-10(18)5-11(4-8)29-16(19,20)21/h1-6H,7H2,(H2,22,26)(H,24,28). The molecule has 3 N–H and O–H groups in total. The maximum Gasteiger partial charge on any atom is 0.573 e. The average Bonchev–Trinajstić information content (AvgIpc) is 2.99. The van der Waals surface area contributed by atoms with Gasteiger partial charge in [-0.3, -0.25) is 4.79 Å². The van der Waals surface area contributed by atoms with Gasteiger partial charge in [0.05, 0.1) is 11.6 Å². The van der Waals surface area contributed by atoms with E-state index in [1.165, 1.54) is 16.9 Å². The monoisotopic (exact) mass is 446 g/mol. The Labute approximate surface area is 171 Å². The normalized spacial score (nSPS) is 11.3. The second-order valence-corrected chi connectivity index (χ2v) is 6.41. The molecule has 0 aliphatic carbocycles. The number of nitrogens with zero attached hydrogens (tertiary/aromatic N) is 4. The molecule has 0 spiro atoms. The zero-order valence-electron chi connectivity index (χ0n) is 14.2. The van der Waals surface area contributed by atoms with E-state index in [1.54, 1.807) is 12.1 Å². The van der Waals surface area contributed by atoms with Crippen LogP contribution in [0, 0.1) is 0 Å². The van der Waals surface area contributed by atoms with E-state index >= 15 is 0 Å². The predicted molar refractivity (Wildman–Crippen MR) is 97.9 cm³/mol. The number of hydrogen-bond donors (Lipinski definition) is 2. The Morgan fingerprint density at radius 1 is 1.21 bits per heavy atom. The van der Waals surface area contributed by atoms with Gasteiger partial charge in [0, 0.05) is 16.8 Å². The molecular formula is C16H11Cl2F3N6O2. The van der Waals surface area contributed by atoms with Gasteiger partial charge in [0.25, 0.3) is 5.91 Å². The topological polar surface area (TPSA) is 108 Å². The van der Waals surface area contributed by atoms with Crippen molar-refractivity contribution in [2.45, 2.75) is 12.9 Å². The lowest BCUT2D eigenvalue weighted by molar-refractivity contribution is -0.274. The smallest absolute Gasteiger partial charge is 0.406 e. The van der Waals surface area contributed by atoms with Crippen molar-refractivity contribution in [3.63, 3.8) is 0 Å². The number of nitrogens with two attached hydrogens (primary N) is 1. The molecule has 0 radical (unpaired) electrons. The van der Waals surface area contributed by atoms with E-state index in [-0.39, 0.29) is 28.9 Å². The number of rotatable bonds is 5. The largest absolute Gasteiger partial charge is 0.573 e. The van der Waals surface area contributed by atoms with Crippen LogP contribution in [0.25, 0.3) is 5.82 Å². The van der Waals surface area contributed by atoms with E-state index in [9.17, 15) is 18.0 Å². The molecule has 2 aromatic heterocycles. The molecule has 3 aromatic rings. The van der Waals surface area contributed by atoms with Crippen LogP contribution >= 0.6 is 23.2 Å². The van der Waals surface area contributed by atoms with Crippen LogP contribution < -0.4 is 15.8 Å². The molecule has 0 saturated heterocycles. The molecule has 2 heterocycles. The number of anilines is 1. The third kappa shape index (κ3) is 5.48. The Morgan fingerprint density at radius 3 is 2.62 bits per heavy atom. The van der Waals surface area contributed by atoms with Gasteiger partial charge < -0.3 is 15.8 Å². The van der Waals surface area contributed by atoms with E-state index in [2.05, 4.69) is 25.1 Å². The van der Waals surface area contributed by atoms with Gasteiger partial charge in [0.1, 0.15) is 5.75 Å². The van der Waals surface area contributed by atoms with Crippen molar-refractivity contribution in [3.8, 4) is 11.6 Å². The fourth-order valence-electron chi connectivity index (χ4n) is 2.30. The molecule has 0 saturated carbocycles. The molecule has 3 rings (SSSR count). The molecule has 0 fully saturated rings. The number of carbonyl (C=O) groups excluding carboxylic acids is 1. The highest BCUT2D eigenvalue weighted by Gasteiger charge is 2.31. The van der Waals surface area contributed by atoms with Gasteiger partial charge in [-0.1, -0.05) is 23.2 Å². The molecule has 0 aliphatic heterocycles. The summed E-state index contributed by atoms with van der Waals surface area (Å²) in [5.41, 5.74) is 5.47. The van der Waals surface area contributed by atoms with Gasteiger partial charge in [-0.15, -0.1) is 18.3 Å². The molecule has 152 valence electrons. The highest BCUT2D eigenvalue weighted by molar-refractivity contribution is 6.31. The molecular weight excluding hydrogens is 436 g/mol. The third-order valence-electron chi connectivity index (χ3n) is 3.39. The fraction of sp³-hybridized carbons (Fsp3) is 0.125. The Balaban J connectivity index is 1.77. The number of aromatic nitrogens is 4. The van der Waals surface area contributed by atoms with Crippen LogP contribution in [-0.2, 0) is 6.54 Å². The fourth-order valence-corrected chi connectivity index (χ4v) is 2.64. The van der Waals surface area contributed by atoms with Crippen LogP contribution in [0.1, 0.15) is 16.2 Å². The first-order chi connectivity index (χ1) is 13.6. The zero-order chi connectivity index (χ0) is 21.2. The van der Waals surface area contributed by atoms with Gasteiger partial charge >= 0.3 is 6.36 Å². The van der Waals surface area contributed by atoms with Crippen LogP contribution in [0.5, 0.6) is 5.75 Å². The Hall–Kier alpha value is -3.05. The second-order valence-electron chi connectivity index (χ2n) is 5.54. The van der Waals surface area contributed by atoms with E-state index in [0.29, 0.717) is 10.8 Å². The Morgan fingerprint density at radius 2 is 1.97 bits per heavy atom. The maximum atomic E-state index is 12.4. The number of pyridine rings is 1. The molecule has 0 bridgehead atoms. The molecule has 0 atom stereocenters. The van der Waals surface area contributed by atoms with Crippen molar-refractivity contribution in [3.05, 3.63) is 58.0 Å². The highest BCUT2D eigenvalue weighted by Crippen LogP contribution is 2.27. The third-order valence-corrected chi connectivity index (χ3v) is 3.84. The van der Waals surface area contributed by atoms with Gasteiger partial charge in [0.2, 0.25) is 5.95 Å². The van der Waals surface area contributed by atoms with Crippen LogP contribution in [0.15, 0.2) is 36.5 Å². The van der Waals surface area contributed by atoms with E-state index in [1.807, 2.05) is 0 Å². The maximum absolute atomic E-state index is 12.4. The van der Waals surface area contributed by atoms with Crippen molar-refractivity contribution < 1.29 is 22.7 Å². The van der Waals surface area contributed by atoms with Crippen molar-refractivity contribution in [1.29, 1.82) is 0 Å². The molecule has 1 amide bonds. The number of nitrogen functional groups attached to an aromatic ring is 1. The second kappa shape index (κ2) is 8.13. The molecule has 29 heavy (non-hydrogen) atoms. The molecule has 0 aliphatic rings. The summed E-state index contributed by atoms with van der Waals surface area (Å²) in [5.74, 6) is -0.801. The molecule has 1 aromatic carbocycles. The zero-order valence-corrected chi connectivity index (χ0v) is 15.8. The number of hydrogen-bond acceptors (Lipinski definition) is 6. The van der Waals surface area contributed by atoms with E-state index in [4.69, 9.17) is 28.9 Å². The average molecular weight is 447 g/mol. The van der Waals surface area contributed by atoms with Gasteiger partial charge in [-0.05, 0) is 30.3 Å². The lowest BCUT2D eigenvalue weighted by atomic mass is 10.2. The number of ether oxygens (including phenoxy) is 1. The predicted octanol–water partition coefficient (Wildman–Crippen LogP) is 3.38. The summed E-state index contributed by atoms with van der Waals surface area (Å²) in [6.45, 7) is -0.144. The van der Waals surface area contributed by atoms with Crippen molar-refractivity contribution in [1.82, 2.24) is 25.1 Å². The van der Waals surface area contributed by atoms with Crippen molar-refractivity contribution >= 4 is 35.1 Å². The minimum Gasteiger partial charge on any atom is -0.406 e. The first-order valence-electron chi connectivity index (χ1n) is 7.78. The lowest BCUT2D eigenvalue weighted by Crippen LogP contribution is -2.25. The number of amides is 1. The summed E-state index contributed by atoms with van der Waals surface area (Å²) in [5, 5.41) is 6.80. The van der Waals surface area contributed by atoms with Crippen LogP contribution in [0.2, 0.25) is 10.0 Å². The van der Waals surface area contributed by atoms with E-state index < -0.39 is 18.0 Å². The van der Waals surface area contributed by atoms with Gasteiger partial charge in [-0.25, -0.2) is 4.98 Å². The van der Waals surface area contributed by atoms with Gasteiger partial charge in [-0.2, -0.15) is 9.67 Å². The summed E-state index contributed by atoms with van der Waals surface area (Å²) in [7, 11) is 0. The summed E-state index contributed by atoms with van der Waals surface area (Å²) < 4.78 is 42.3. The summed E-state index contributed by atoms with van der Waals surface area (Å²) in [6, 6.07) is 6.20. The highest BCUT2D eigenvalue weighted by atomic mass is 35.5. The Bertz CT molecular complexity index is 1040. The first-order valence-corrected chi connectivity index (χ1v) is 8.54.